The topological polar surface area (TPSA) is 96.8 Å². The lowest BCUT2D eigenvalue weighted by Crippen LogP contribution is -2.37. The molecule has 0 amide bonds. The van der Waals surface area contributed by atoms with Gasteiger partial charge in [0.25, 0.3) is 0 Å². The number of halogens is 4. The summed E-state index contributed by atoms with van der Waals surface area (Å²) in [7, 11) is 0. The van der Waals surface area contributed by atoms with Crippen LogP contribution < -0.4 is 20.4 Å². The Morgan fingerprint density at radius 3 is 2.56 bits per heavy atom. The average molecular weight is 644 g/mol. The van der Waals surface area contributed by atoms with Crippen molar-refractivity contribution in [3.8, 4) is 5.75 Å². The van der Waals surface area contributed by atoms with Crippen molar-refractivity contribution in [2.24, 2.45) is 5.10 Å². The van der Waals surface area contributed by atoms with Gasteiger partial charge in [0.2, 0.25) is 17.8 Å². The second kappa shape index (κ2) is 13.5. The van der Waals surface area contributed by atoms with E-state index in [1.165, 1.54) is 12.1 Å². The van der Waals surface area contributed by atoms with E-state index in [2.05, 4.69) is 69.2 Å². The zero-order valence-corrected chi connectivity index (χ0v) is 22.9. The molecule has 36 heavy (non-hydrogen) atoms. The summed E-state index contributed by atoms with van der Waals surface area (Å²) in [6.45, 7) is 6.51. The molecule has 9 nitrogen and oxygen atoms in total. The summed E-state index contributed by atoms with van der Waals surface area (Å²) in [6.07, 6.45) is 3.28. The number of nitrogens with one attached hydrogen (secondary N) is 2. The van der Waals surface area contributed by atoms with Gasteiger partial charge in [0, 0.05) is 28.8 Å². The van der Waals surface area contributed by atoms with E-state index in [1.807, 2.05) is 17.0 Å². The second-order valence-electron chi connectivity index (χ2n) is 7.29. The molecule has 0 radical (unpaired) electrons. The molecule has 0 bridgehead atoms. The summed E-state index contributed by atoms with van der Waals surface area (Å²) in [5, 5.41) is 7.40. The summed E-state index contributed by atoms with van der Waals surface area (Å²) < 4.78 is 26.1. The van der Waals surface area contributed by atoms with E-state index >= 15 is 0 Å². The Morgan fingerprint density at radius 2 is 1.83 bits per heavy atom. The molecule has 190 valence electrons. The number of hydrogen-bond acceptors (Lipinski definition) is 9. The van der Waals surface area contributed by atoms with Crippen molar-refractivity contribution in [1.29, 1.82) is 0 Å². The molecule has 0 unspecified atom stereocenters. The van der Waals surface area contributed by atoms with Gasteiger partial charge >= 0.3 is 0 Å². The minimum atomic E-state index is -0.326. The molecule has 13 heteroatoms. The van der Waals surface area contributed by atoms with Gasteiger partial charge in [-0.2, -0.15) is 20.1 Å². The number of morpholine rings is 1. The maximum Gasteiger partial charge on any atom is 0.250 e. The highest BCUT2D eigenvalue weighted by molar-refractivity contribution is 9.11. The number of hydrogen-bond donors (Lipinski definition) is 2. The van der Waals surface area contributed by atoms with E-state index in [9.17, 15) is 4.39 Å². The van der Waals surface area contributed by atoms with Gasteiger partial charge < -0.3 is 19.7 Å². The highest BCUT2D eigenvalue weighted by atomic mass is 79.9. The Kier molecular flexibility index (Phi) is 10.4. The van der Waals surface area contributed by atoms with Crippen LogP contribution in [0.5, 0.6) is 5.75 Å². The number of anilines is 4. The van der Waals surface area contributed by atoms with Crippen LogP contribution in [0.3, 0.4) is 0 Å². The molecule has 3 aromatic rings. The smallest absolute Gasteiger partial charge is 0.250 e. The van der Waals surface area contributed by atoms with Crippen LogP contribution in [0.1, 0.15) is 5.56 Å². The molecule has 2 N–H and O–H groups in total. The van der Waals surface area contributed by atoms with Crippen molar-refractivity contribution in [3.63, 3.8) is 0 Å². The largest absolute Gasteiger partial charge is 0.488 e. The Labute approximate surface area is 230 Å². The molecule has 4 rings (SSSR count). The zero-order valence-electron chi connectivity index (χ0n) is 19.0. The van der Waals surface area contributed by atoms with Gasteiger partial charge in [-0.3, -0.25) is 0 Å². The van der Waals surface area contributed by atoms with Crippen molar-refractivity contribution >= 4 is 74.0 Å². The van der Waals surface area contributed by atoms with Crippen LogP contribution in [-0.2, 0) is 4.74 Å². The normalized spacial score (nSPS) is 13.2. The Bertz CT molecular complexity index is 1210. The standard InChI is InChI=1S/C23H22Br2FN7O2.ClH/c1-2-9-35-20-15(12-16(24)13-19(20)25)14-27-32-22-29-21(28-18-5-3-17(26)4-6-18)30-23(31-22)33-7-10-34-11-8-33;/h2-6,12-14H,1,7-11H2,(H2,28,29,30,31,32);1H/b27-14+;. The molecule has 1 aliphatic heterocycles. The summed E-state index contributed by atoms with van der Waals surface area (Å²) in [5.41, 5.74) is 4.24. The fraction of sp³-hybridized carbons (Fsp3) is 0.217. The van der Waals surface area contributed by atoms with Crippen molar-refractivity contribution in [3.05, 3.63) is 69.4 Å². The Hall–Kier alpha value is -2.80. The first kappa shape index (κ1) is 27.8. The molecule has 1 aliphatic rings. The van der Waals surface area contributed by atoms with E-state index in [0.29, 0.717) is 56.2 Å². The molecule has 2 heterocycles. The van der Waals surface area contributed by atoms with E-state index in [4.69, 9.17) is 9.47 Å². The van der Waals surface area contributed by atoms with Gasteiger partial charge in [0.05, 0.1) is 23.9 Å². The van der Waals surface area contributed by atoms with E-state index in [0.717, 1.165) is 14.5 Å². The van der Waals surface area contributed by atoms with E-state index in [-0.39, 0.29) is 24.2 Å². The number of aromatic nitrogens is 3. The minimum Gasteiger partial charge on any atom is -0.488 e. The van der Waals surface area contributed by atoms with Crippen LogP contribution in [-0.4, -0.2) is 54.1 Å². The summed E-state index contributed by atoms with van der Waals surface area (Å²) in [6, 6.07) is 9.69. The van der Waals surface area contributed by atoms with Gasteiger partial charge in [0.15, 0.2) is 0 Å². The van der Waals surface area contributed by atoms with Crippen LogP contribution in [0.15, 0.2) is 63.1 Å². The van der Waals surface area contributed by atoms with Crippen LogP contribution >= 0.6 is 44.3 Å². The first-order valence-electron chi connectivity index (χ1n) is 10.6. The molecule has 2 aromatic carbocycles. The number of hydrazone groups is 1. The quantitative estimate of drug-likeness (QED) is 0.178. The van der Waals surface area contributed by atoms with Crippen LogP contribution in [0.2, 0.25) is 0 Å². The van der Waals surface area contributed by atoms with Gasteiger partial charge in [-0.05, 0) is 52.3 Å². The fourth-order valence-corrected chi connectivity index (χ4v) is 4.54. The highest BCUT2D eigenvalue weighted by Crippen LogP contribution is 2.32. The van der Waals surface area contributed by atoms with Crippen molar-refractivity contribution < 1.29 is 13.9 Å². The zero-order chi connectivity index (χ0) is 24.6. The lowest BCUT2D eigenvalue weighted by atomic mass is 10.2. The average Bonchev–Trinajstić information content (AvgIpc) is 2.85. The highest BCUT2D eigenvalue weighted by Gasteiger charge is 2.17. The predicted octanol–water partition coefficient (Wildman–Crippen LogP) is 5.55. The number of rotatable bonds is 9. The third-order valence-corrected chi connectivity index (χ3v) is 5.82. The number of ether oxygens (including phenoxy) is 2. The molecule has 1 fully saturated rings. The molecule has 0 spiro atoms. The number of nitrogens with zero attached hydrogens (tertiary/aromatic N) is 5. The summed E-state index contributed by atoms with van der Waals surface area (Å²) in [4.78, 5) is 15.4. The minimum absolute atomic E-state index is 0. The third kappa shape index (κ3) is 7.60. The molecule has 0 saturated carbocycles. The predicted molar refractivity (Wildman–Crippen MR) is 149 cm³/mol. The monoisotopic (exact) mass is 641 g/mol. The molecule has 0 atom stereocenters. The van der Waals surface area contributed by atoms with Gasteiger partial charge in [-0.25, -0.2) is 9.82 Å². The van der Waals surface area contributed by atoms with Crippen molar-refractivity contribution in [2.45, 2.75) is 0 Å². The SMILES string of the molecule is C=CCOc1c(Br)cc(Br)cc1/C=N/Nc1nc(Nc2ccc(F)cc2)nc(N2CCOCC2)n1.Cl. The van der Waals surface area contributed by atoms with Crippen LogP contribution in [0.25, 0.3) is 0 Å². The second-order valence-corrected chi connectivity index (χ2v) is 9.06. The third-order valence-electron chi connectivity index (χ3n) is 4.77. The maximum atomic E-state index is 13.3. The maximum absolute atomic E-state index is 13.3. The molecule has 1 saturated heterocycles. The summed E-state index contributed by atoms with van der Waals surface area (Å²) in [5.74, 6) is 1.32. The first-order valence-corrected chi connectivity index (χ1v) is 12.2. The van der Waals surface area contributed by atoms with E-state index < -0.39 is 0 Å². The fourth-order valence-electron chi connectivity index (χ4n) is 3.17. The van der Waals surface area contributed by atoms with Crippen LogP contribution in [0.4, 0.5) is 27.9 Å². The molecule has 1 aromatic heterocycles. The van der Waals surface area contributed by atoms with Gasteiger partial charge in [0.1, 0.15) is 18.2 Å². The van der Waals surface area contributed by atoms with Crippen molar-refractivity contribution in [2.75, 3.05) is 48.6 Å². The lowest BCUT2D eigenvalue weighted by molar-refractivity contribution is 0.122. The molecular formula is C23H23Br2ClFN7O2. The first-order chi connectivity index (χ1) is 17.0. The molecular weight excluding hydrogens is 621 g/mol. The van der Waals surface area contributed by atoms with Crippen molar-refractivity contribution in [1.82, 2.24) is 15.0 Å². The lowest BCUT2D eigenvalue weighted by Gasteiger charge is -2.27. The number of benzene rings is 2. The molecule has 0 aliphatic carbocycles. The van der Waals surface area contributed by atoms with Gasteiger partial charge in [-0.1, -0.05) is 28.6 Å². The Balaban J connectivity index is 0.00000361. The van der Waals surface area contributed by atoms with E-state index in [1.54, 1.807) is 24.4 Å². The van der Waals surface area contributed by atoms with Crippen LogP contribution in [0, 0.1) is 5.82 Å². The Morgan fingerprint density at radius 1 is 1.11 bits per heavy atom. The summed E-state index contributed by atoms with van der Waals surface area (Å²) >= 11 is 7.00. The van der Waals surface area contributed by atoms with Gasteiger partial charge in [-0.15, -0.1) is 12.4 Å².